The van der Waals surface area contributed by atoms with Crippen LogP contribution in [-0.4, -0.2) is 60.0 Å². The summed E-state index contributed by atoms with van der Waals surface area (Å²) in [4.78, 5) is 26.2. The second-order valence-corrected chi connectivity index (χ2v) is 4.53. The van der Waals surface area contributed by atoms with Gasteiger partial charge in [-0.15, -0.1) is 0 Å². The van der Waals surface area contributed by atoms with Crippen LogP contribution in [0.4, 0.5) is 0 Å². The minimum atomic E-state index is -0.0383. The second kappa shape index (κ2) is 7.40. The molecule has 0 aromatic rings. The Kier molecular flexibility index (Phi) is 6.15. The lowest BCUT2D eigenvalue weighted by Gasteiger charge is -2.20. The van der Waals surface area contributed by atoms with E-state index in [1.165, 1.54) is 4.90 Å². The Bertz CT molecular complexity index is 252. The molecule has 1 fully saturated rings. The van der Waals surface area contributed by atoms with Crippen molar-refractivity contribution < 1.29 is 14.7 Å². The van der Waals surface area contributed by atoms with Crippen molar-refractivity contribution >= 4 is 11.8 Å². The van der Waals surface area contributed by atoms with Crippen molar-refractivity contribution in [2.24, 2.45) is 0 Å². The van der Waals surface area contributed by atoms with E-state index < -0.39 is 0 Å². The number of unbranched alkanes of at least 4 members (excludes halogenated alkanes) is 2. The summed E-state index contributed by atoms with van der Waals surface area (Å²) in [5.41, 5.74) is 0. The van der Waals surface area contributed by atoms with E-state index in [2.05, 4.69) is 4.90 Å². The van der Waals surface area contributed by atoms with E-state index in [0.717, 1.165) is 32.4 Å². The minimum absolute atomic E-state index is 0.0383. The molecule has 1 rings (SSSR count). The maximum Gasteiger partial charge on any atom is 0.229 e. The van der Waals surface area contributed by atoms with Crippen LogP contribution in [0, 0.1) is 0 Å². The number of aliphatic hydroxyl groups excluding tert-OH is 1. The van der Waals surface area contributed by atoms with E-state index in [1.54, 1.807) is 0 Å². The molecule has 1 heterocycles. The Hall–Kier alpha value is -0.940. The number of carbonyl (C=O) groups excluding carboxylic acids is 2. The summed E-state index contributed by atoms with van der Waals surface area (Å²) in [6, 6.07) is 0. The average Bonchev–Trinajstić information content (AvgIpc) is 2.62. The molecule has 1 aliphatic heterocycles. The number of rotatable bonds is 8. The van der Waals surface area contributed by atoms with Crippen molar-refractivity contribution in [3.63, 3.8) is 0 Å². The number of imide groups is 1. The fourth-order valence-electron chi connectivity index (χ4n) is 1.93. The Morgan fingerprint density at radius 1 is 1.12 bits per heavy atom. The van der Waals surface area contributed by atoms with Crippen molar-refractivity contribution in [1.82, 2.24) is 9.80 Å². The highest BCUT2D eigenvalue weighted by atomic mass is 16.3. The van der Waals surface area contributed by atoms with Crippen LogP contribution < -0.4 is 0 Å². The number of carbonyl (C=O) groups is 2. The predicted octanol–water partition coefficient (Wildman–Crippen LogP) is 0.230. The quantitative estimate of drug-likeness (QED) is 0.489. The van der Waals surface area contributed by atoms with Crippen LogP contribution in [0.15, 0.2) is 0 Å². The van der Waals surface area contributed by atoms with Crippen molar-refractivity contribution in [2.75, 3.05) is 33.3 Å². The van der Waals surface area contributed by atoms with Crippen molar-refractivity contribution in [1.29, 1.82) is 0 Å². The summed E-state index contributed by atoms with van der Waals surface area (Å²) in [6.45, 7) is 2.43. The van der Waals surface area contributed by atoms with E-state index in [-0.39, 0.29) is 18.4 Å². The smallest absolute Gasteiger partial charge is 0.229 e. The molecule has 0 bridgehead atoms. The molecule has 0 radical (unpaired) electrons. The number of hydrogen-bond donors (Lipinski definition) is 1. The number of likely N-dealkylation sites (N-methyl/N-ethyl adjacent to an activating group) is 1. The zero-order chi connectivity index (χ0) is 12.7. The maximum atomic E-state index is 11.4. The number of nitrogens with zero attached hydrogens (tertiary/aromatic N) is 2. The molecule has 0 spiro atoms. The average molecular weight is 242 g/mol. The molecule has 0 aromatic heterocycles. The number of aliphatic hydroxyl groups is 1. The molecule has 1 saturated heterocycles. The summed E-state index contributed by atoms with van der Waals surface area (Å²) in [5, 5.41) is 8.64. The van der Waals surface area contributed by atoms with E-state index in [0.29, 0.717) is 19.4 Å². The maximum absolute atomic E-state index is 11.4. The van der Waals surface area contributed by atoms with Crippen molar-refractivity contribution in [2.45, 2.75) is 32.1 Å². The monoisotopic (exact) mass is 242 g/mol. The molecule has 0 aromatic carbocycles. The molecule has 1 aliphatic rings. The minimum Gasteiger partial charge on any atom is -0.396 e. The fraction of sp³-hybridized carbons (Fsp3) is 0.833. The van der Waals surface area contributed by atoms with Crippen molar-refractivity contribution in [3.05, 3.63) is 0 Å². The van der Waals surface area contributed by atoms with E-state index in [4.69, 9.17) is 5.11 Å². The van der Waals surface area contributed by atoms with Gasteiger partial charge in [0.2, 0.25) is 11.8 Å². The Labute approximate surface area is 102 Å². The molecule has 5 heteroatoms. The lowest BCUT2D eigenvalue weighted by molar-refractivity contribution is -0.138. The molecule has 0 saturated carbocycles. The van der Waals surface area contributed by atoms with Gasteiger partial charge in [-0.3, -0.25) is 14.5 Å². The summed E-state index contributed by atoms with van der Waals surface area (Å²) in [6.07, 6.45) is 3.65. The summed E-state index contributed by atoms with van der Waals surface area (Å²) in [7, 11) is 1.99. The predicted molar refractivity (Wildman–Crippen MR) is 64.4 cm³/mol. The van der Waals surface area contributed by atoms with E-state index >= 15 is 0 Å². The first-order valence-electron chi connectivity index (χ1n) is 6.27. The van der Waals surface area contributed by atoms with Crippen LogP contribution in [0.5, 0.6) is 0 Å². The third-order valence-electron chi connectivity index (χ3n) is 3.06. The first-order chi connectivity index (χ1) is 8.15. The van der Waals surface area contributed by atoms with Gasteiger partial charge in [-0.25, -0.2) is 0 Å². The third-order valence-corrected chi connectivity index (χ3v) is 3.06. The molecule has 0 unspecified atom stereocenters. The van der Waals surface area contributed by atoms with Crippen LogP contribution in [0.3, 0.4) is 0 Å². The highest BCUT2D eigenvalue weighted by Crippen LogP contribution is 2.11. The standard InChI is InChI=1S/C12H22N2O3/c1-13(7-3-2-4-10-15)8-9-14-11(16)5-6-12(14)17/h15H,2-10H2,1H3. The third kappa shape index (κ3) is 4.83. The van der Waals surface area contributed by atoms with Gasteiger partial charge in [0.15, 0.2) is 0 Å². The van der Waals surface area contributed by atoms with Gasteiger partial charge in [0.25, 0.3) is 0 Å². The Balaban J connectivity index is 2.12. The largest absolute Gasteiger partial charge is 0.396 e. The van der Waals surface area contributed by atoms with Gasteiger partial charge in [-0.2, -0.15) is 0 Å². The highest BCUT2D eigenvalue weighted by molar-refractivity contribution is 6.01. The van der Waals surface area contributed by atoms with Crippen LogP contribution in [-0.2, 0) is 9.59 Å². The summed E-state index contributed by atoms with van der Waals surface area (Å²) >= 11 is 0. The lowest BCUT2D eigenvalue weighted by Crippen LogP contribution is -2.36. The Morgan fingerprint density at radius 2 is 1.76 bits per heavy atom. The number of likely N-dealkylation sites (tertiary alicyclic amines) is 1. The zero-order valence-electron chi connectivity index (χ0n) is 10.5. The normalized spacial score (nSPS) is 16.3. The highest BCUT2D eigenvalue weighted by Gasteiger charge is 2.28. The molecule has 5 nitrogen and oxygen atoms in total. The van der Waals surface area contributed by atoms with Crippen LogP contribution >= 0.6 is 0 Å². The SMILES string of the molecule is CN(CCCCCO)CCN1C(=O)CCC1=O. The zero-order valence-corrected chi connectivity index (χ0v) is 10.5. The van der Waals surface area contributed by atoms with Gasteiger partial charge in [0.1, 0.15) is 0 Å². The summed E-state index contributed by atoms with van der Waals surface area (Å²) in [5.74, 6) is -0.0765. The van der Waals surface area contributed by atoms with Crippen LogP contribution in [0.2, 0.25) is 0 Å². The number of hydrogen-bond acceptors (Lipinski definition) is 4. The van der Waals surface area contributed by atoms with Gasteiger partial charge < -0.3 is 10.0 Å². The first kappa shape index (κ1) is 14.1. The molecule has 2 amide bonds. The van der Waals surface area contributed by atoms with E-state index in [9.17, 15) is 9.59 Å². The molecule has 1 N–H and O–H groups in total. The van der Waals surface area contributed by atoms with Crippen molar-refractivity contribution in [3.8, 4) is 0 Å². The van der Waals surface area contributed by atoms with Gasteiger partial charge >= 0.3 is 0 Å². The van der Waals surface area contributed by atoms with E-state index in [1.807, 2.05) is 7.05 Å². The fourth-order valence-corrected chi connectivity index (χ4v) is 1.93. The van der Waals surface area contributed by atoms with Crippen LogP contribution in [0.25, 0.3) is 0 Å². The second-order valence-electron chi connectivity index (χ2n) is 4.53. The van der Waals surface area contributed by atoms with Crippen LogP contribution in [0.1, 0.15) is 32.1 Å². The summed E-state index contributed by atoms with van der Waals surface area (Å²) < 4.78 is 0. The molecular weight excluding hydrogens is 220 g/mol. The topological polar surface area (TPSA) is 60.9 Å². The molecule has 0 atom stereocenters. The molecular formula is C12H22N2O3. The molecule has 98 valence electrons. The van der Waals surface area contributed by atoms with Gasteiger partial charge in [0.05, 0.1) is 0 Å². The molecule has 17 heavy (non-hydrogen) atoms. The van der Waals surface area contributed by atoms with Gasteiger partial charge in [-0.05, 0) is 32.9 Å². The van der Waals surface area contributed by atoms with Gasteiger partial charge in [0, 0.05) is 32.5 Å². The molecule has 0 aliphatic carbocycles. The lowest BCUT2D eigenvalue weighted by atomic mass is 10.2. The Morgan fingerprint density at radius 3 is 2.35 bits per heavy atom. The van der Waals surface area contributed by atoms with Gasteiger partial charge in [-0.1, -0.05) is 0 Å². The first-order valence-corrected chi connectivity index (χ1v) is 6.27. The number of amides is 2.